The number of aromatic nitrogens is 2. The summed E-state index contributed by atoms with van der Waals surface area (Å²) in [5.41, 5.74) is 7.20. The van der Waals surface area contributed by atoms with Gasteiger partial charge in [-0.3, -0.25) is 0 Å². The molecule has 1 aromatic carbocycles. The van der Waals surface area contributed by atoms with E-state index >= 15 is 0 Å². The van der Waals surface area contributed by atoms with Crippen LogP contribution in [0.4, 0.5) is 5.69 Å². The summed E-state index contributed by atoms with van der Waals surface area (Å²) in [6.45, 7) is 0.879. The van der Waals surface area contributed by atoms with Crippen LogP contribution in [0.2, 0.25) is 0 Å². The fourth-order valence-corrected chi connectivity index (χ4v) is 1.66. The second-order valence-electron chi connectivity index (χ2n) is 4.53. The second-order valence-corrected chi connectivity index (χ2v) is 4.53. The van der Waals surface area contributed by atoms with Gasteiger partial charge in [0.15, 0.2) is 5.82 Å². The lowest BCUT2D eigenvalue weighted by Gasteiger charge is -2.05. The summed E-state index contributed by atoms with van der Waals surface area (Å²) in [5, 5.41) is 3.95. The SMILES string of the molecule is COc1ccc(-c2nc(CCN(C)C)no2)cc1N. The second kappa shape index (κ2) is 5.71. The Balaban J connectivity index is 2.16. The van der Waals surface area contributed by atoms with E-state index in [1.807, 2.05) is 20.2 Å². The van der Waals surface area contributed by atoms with E-state index in [-0.39, 0.29) is 0 Å². The Morgan fingerprint density at radius 1 is 1.37 bits per heavy atom. The highest BCUT2D eigenvalue weighted by molar-refractivity contribution is 5.65. The van der Waals surface area contributed by atoms with Crippen LogP contribution in [-0.2, 0) is 6.42 Å². The van der Waals surface area contributed by atoms with Crippen LogP contribution in [0.25, 0.3) is 11.5 Å². The normalized spacial score (nSPS) is 10.9. The molecule has 2 rings (SSSR count). The molecule has 0 aliphatic heterocycles. The summed E-state index contributed by atoms with van der Waals surface area (Å²) in [7, 11) is 5.59. The number of hydrogen-bond acceptors (Lipinski definition) is 6. The van der Waals surface area contributed by atoms with Gasteiger partial charge in [0.05, 0.1) is 12.8 Å². The molecule has 2 N–H and O–H groups in total. The predicted octanol–water partition coefficient (Wildman–Crippen LogP) is 1.43. The average Bonchev–Trinajstić information content (AvgIpc) is 2.85. The third-order valence-corrected chi connectivity index (χ3v) is 2.73. The molecule has 0 saturated carbocycles. The van der Waals surface area contributed by atoms with Gasteiger partial charge in [-0.1, -0.05) is 5.16 Å². The molecule has 0 aliphatic carbocycles. The van der Waals surface area contributed by atoms with Gasteiger partial charge in [0.25, 0.3) is 5.89 Å². The maximum atomic E-state index is 5.85. The molecule has 0 atom stereocenters. The van der Waals surface area contributed by atoms with E-state index in [2.05, 4.69) is 15.0 Å². The Hall–Kier alpha value is -2.08. The zero-order chi connectivity index (χ0) is 13.8. The Morgan fingerprint density at radius 2 is 2.16 bits per heavy atom. The largest absolute Gasteiger partial charge is 0.495 e. The van der Waals surface area contributed by atoms with Gasteiger partial charge in [-0.2, -0.15) is 4.98 Å². The minimum Gasteiger partial charge on any atom is -0.495 e. The number of methoxy groups -OCH3 is 1. The Morgan fingerprint density at radius 3 is 2.79 bits per heavy atom. The van der Waals surface area contributed by atoms with E-state index in [1.54, 1.807) is 19.2 Å². The Labute approximate surface area is 112 Å². The lowest BCUT2D eigenvalue weighted by molar-refractivity contribution is 0.392. The number of nitrogen functional groups attached to an aromatic ring is 1. The Kier molecular flexibility index (Phi) is 4.01. The van der Waals surface area contributed by atoms with Gasteiger partial charge in [-0.05, 0) is 32.3 Å². The van der Waals surface area contributed by atoms with Gasteiger partial charge in [0.2, 0.25) is 0 Å². The summed E-state index contributed by atoms with van der Waals surface area (Å²) in [5.74, 6) is 1.80. The van der Waals surface area contributed by atoms with Crippen molar-refractivity contribution in [1.29, 1.82) is 0 Å². The average molecular weight is 262 g/mol. The number of likely N-dealkylation sites (N-methyl/N-ethyl adjacent to an activating group) is 1. The smallest absolute Gasteiger partial charge is 0.258 e. The first kappa shape index (κ1) is 13.4. The number of nitrogens with two attached hydrogens (primary N) is 1. The summed E-state index contributed by atoms with van der Waals surface area (Å²) in [4.78, 5) is 6.42. The number of ether oxygens (including phenoxy) is 1. The summed E-state index contributed by atoms with van der Waals surface area (Å²) < 4.78 is 10.3. The minimum atomic E-state index is 0.475. The highest BCUT2D eigenvalue weighted by atomic mass is 16.5. The van der Waals surface area contributed by atoms with Crippen molar-refractivity contribution in [2.45, 2.75) is 6.42 Å². The van der Waals surface area contributed by atoms with Gasteiger partial charge in [-0.25, -0.2) is 0 Å². The third kappa shape index (κ3) is 3.23. The van der Waals surface area contributed by atoms with Crippen LogP contribution in [0.3, 0.4) is 0 Å². The number of rotatable bonds is 5. The fraction of sp³-hybridized carbons (Fsp3) is 0.385. The van der Waals surface area contributed by atoms with E-state index in [1.165, 1.54) is 0 Å². The number of nitrogens with zero attached hydrogens (tertiary/aromatic N) is 3. The molecular formula is C13H18N4O2. The van der Waals surface area contributed by atoms with E-state index in [9.17, 15) is 0 Å². The molecule has 19 heavy (non-hydrogen) atoms. The molecule has 2 aromatic rings. The van der Waals surface area contributed by atoms with Gasteiger partial charge in [0.1, 0.15) is 5.75 Å². The van der Waals surface area contributed by atoms with Crippen molar-refractivity contribution in [3.8, 4) is 17.2 Å². The highest BCUT2D eigenvalue weighted by Gasteiger charge is 2.10. The van der Waals surface area contributed by atoms with Crippen LogP contribution >= 0.6 is 0 Å². The molecule has 6 nitrogen and oxygen atoms in total. The maximum absolute atomic E-state index is 5.85. The molecule has 0 amide bonds. The van der Waals surface area contributed by atoms with Crippen molar-refractivity contribution < 1.29 is 9.26 Å². The summed E-state index contributed by atoms with van der Waals surface area (Å²) in [6, 6.07) is 5.40. The zero-order valence-corrected chi connectivity index (χ0v) is 11.4. The van der Waals surface area contributed by atoms with Gasteiger partial charge in [-0.15, -0.1) is 0 Å². The maximum Gasteiger partial charge on any atom is 0.258 e. The van der Waals surface area contributed by atoms with Crippen LogP contribution in [0.15, 0.2) is 22.7 Å². The molecule has 0 unspecified atom stereocenters. The van der Waals surface area contributed by atoms with E-state index < -0.39 is 0 Å². The van der Waals surface area contributed by atoms with Crippen molar-refractivity contribution >= 4 is 5.69 Å². The lowest BCUT2D eigenvalue weighted by atomic mass is 10.2. The summed E-state index contributed by atoms with van der Waals surface area (Å²) >= 11 is 0. The van der Waals surface area contributed by atoms with E-state index in [0.29, 0.717) is 23.2 Å². The number of hydrogen-bond donors (Lipinski definition) is 1. The first-order valence-electron chi connectivity index (χ1n) is 6.01. The van der Waals surface area contributed by atoms with E-state index in [0.717, 1.165) is 18.5 Å². The van der Waals surface area contributed by atoms with Crippen molar-refractivity contribution in [3.05, 3.63) is 24.0 Å². The molecule has 6 heteroatoms. The van der Waals surface area contributed by atoms with Crippen LogP contribution in [0.5, 0.6) is 5.75 Å². The number of anilines is 1. The van der Waals surface area contributed by atoms with Crippen molar-refractivity contribution in [1.82, 2.24) is 15.0 Å². The monoisotopic (exact) mass is 262 g/mol. The fourth-order valence-electron chi connectivity index (χ4n) is 1.66. The van der Waals surface area contributed by atoms with Crippen LogP contribution in [0, 0.1) is 0 Å². The lowest BCUT2D eigenvalue weighted by Crippen LogP contribution is -2.15. The molecule has 0 radical (unpaired) electrons. The first-order chi connectivity index (χ1) is 9.10. The topological polar surface area (TPSA) is 77.4 Å². The predicted molar refractivity (Wildman–Crippen MR) is 73.0 cm³/mol. The van der Waals surface area contributed by atoms with Gasteiger partial charge >= 0.3 is 0 Å². The van der Waals surface area contributed by atoms with Crippen molar-refractivity contribution in [3.63, 3.8) is 0 Å². The van der Waals surface area contributed by atoms with Crippen molar-refractivity contribution in [2.75, 3.05) is 33.5 Å². The first-order valence-corrected chi connectivity index (χ1v) is 6.01. The van der Waals surface area contributed by atoms with Crippen LogP contribution < -0.4 is 10.5 Å². The minimum absolute atomic E-state index is 0.475. The zero-order valence-electron chi connectivity index (χ0n) is 11.4. The standard InChI is InChI=1S/C13H18N4O2/c1-17(2)7-6-12-15-13(19-16-12)9-4-5-11(18-3)10(14)8-9/h4-5,8H,6-7,14H2,1-3H3. The quantitative estimate of drug-likeness (QED) is 0.821. The summed E-state index contributed by atoms with van der Waals surface area (Å²) in [6.07, 6.45) is 0.752. The molecule has 0 saturated heterocycles. The van der Waals surface area contributed by atoms with Crippen LogP contribution in [0.1, 0.15) is 5.82 Å². The molecule has 1 aromatic heterocycles. The molecule has 0 fully saturated rings. The van der Waals surface area contributed by atoms with E-state index in [4.69, 9.17) is 15.0 Å². The molecule has 0 aliphatic rings. The molecule has 102 valence electrons. The molecule has 0 spiro atoms. The molecular weight excluding hydrogens is 244 g/mol. The van der Waals surface area contributed by atoms with Crippen molar-refractivity contribution in [2.24, 2.45) is 0 Å². The van der Waals surface area contributed by atoms with Crippen LogP contribution in [-0.4, -0.2) is 42.8 Å². The van der Waals surface area contributed by atoms with Gasteiger partial charge < -0.3 is 19.9 Å². The third-order valence-electron chi connectivity index (χ3n) is 2.73. The van der Waals surface area contributed by atoms with Gasteiger partial charge in [0, 0.05) is 18.5 Å². The molecule has 0 bridgehead atoms. The Bertz CT molecular complexity index is 551. The number of benzene rings is 1. The highest BCUT2D eigenvalue weighted by Crippen LogP contribution is 2.27. The molecule has 1 heterocycles.